The molecule has 0 rings (SSSR count). The van der Waals surface area contributed by atoms with Crippen LogP contribution in [0.2, 0.25) is 0 Å². The van der Waals surface area contributed by atoms with E-state index in [9.17, 15) is 0 Å². The Labute approximate surface area is 36.8 Å². The van der Waals surface area contributed by atoms with Crippen LogP contribution in [0.5, 0.6) is 0 Å². The van der Waals surface area contributed by atoms with E-state index in [1.165, 1.54) is 0 Å². The summed E-state index contributed by atoms with van der Waals surface area (Å²) in [7, 11) is 0. The Morgan fingerprint density at radius 2 is 1.75 bits per heavy atom. The summed E-state index contributed by atoms with van der Waals surface area (Å²) in [6, 6.07) is 0. The van der Waals surface area contributed by atoms with E-state index in [1.807, 2.05) is 0 Å². The first kappa shape index (κ1) is 8.82. The molecule has 0 aromatic rings. The average Bonchev–Trinajstić information content (AvgIpc) is 0.918. The van der Waals surface area contributed by atoms with Crippen LogP contribution in [0.1, 0.15) is 6.92 Å². The molecule has 0 radical (unpaired) electrons. The van der Waals surface area contributed by atoms with E-state index < -0.39 is 0 Å². The maximum Gasteiger partial charge on any atom is 3.00 e. The number of rotatable bonds is 0. The molecule has 0 amide bonds. The van der Waals surface area contributed by atoms with Crippen LogP contribution in [-0.2, 0) is 0 Å². The smallest absolute Gasteiger partial charge is 0.397 e. The molecule has 0 unspecified atom stereocenters. The van der Waals surface area contributed by atoms with Crippen LogP contribution in [0.15, 0.2) is 0 Å². The molecule has 2 heteroatoms. The molecule has 0 heterocycles. The summed E-state index contributed by atoms with van der Waals surface area (Å²) < 4.78 is 0. The molecule has 20 valence electrons. The molecule has 0 bridgehead atoms. The third-order valence-electron chi connectivity index (χ3n) is 0. The topological polar surface area (TPSA) is 20.2 Å². The molecular formula is C2H6AlO+3. The zero-order chi connectivity index (χ0) is 2.71. The second-order valence-corrected chi connectivity index (χ2v) is 0.316. The Morgan fingerprint density at radius 3 is 1.75 bits per heavy atom. The Hall–Kier alpha value is 0.492. The fraction of sp³-hybridized carbons (Fsp3) is 1.00. The van der Waals surface area contributed by atoms with Crippen molar-refractivity contribution in [1.29, 1.82) is 0 Å². The van der Waals surface area contributed by atoms with Crippen LogP contribution >= 0.6 is 0 Å². The molecule has 0 fully saturated rings. The van der Waals surface area contributed by atoms with Crippen molar-refractivity contribution < 1.29 is 5.11 Å². The van der Waals surface area contributed by atoms with Crippen LogP contribution in [-0.4, -0.2) is 29.1 Å². The van der Waals surface area contributed by atoms with Crippen molar-refractivity contribution >= 4 is 17.4 Å². The van der Waals surface area contributed by atoms with Gasteiger partial charge in [-0.2, -0.15) is 0 Å². The van der Waals surface area contributed by atoms with Crippen LogP contribution in [0.4, 0.5) is 0 Å². The minimum absolute atomic E-state index is 0. The predicted molar refractivity (Wildman–Crippen MR) is 18.5 cm³/mol. The maximum atomic E-state index is 7.57. The van der Waals surface area contributed by atoms with Crippen molar-refractivity contribution in [2.24, 2.45) is 0 Å². The first-order valence-electron chi connectivity index (χ1n) is 1.02. The maximum absolute atomic E-state index is 7.57. The van der Waals surface area contributed by atoms with Gasteiger partial charge in [-0.25, -0.2) is 0 Å². The standard InChI is InChI=1S/C2H6O.Al/c1-2-3;/h3H,2H2,1H3;/q;+3. The van der Waals surface area contributed by atoms with Crippen LogP contribution in [0.3, 0.4) is 0 Å². The zero-order valence-electron chi connectivity index (χ0n) is 2.73. The van der Waals surface area contributed by atoms with E-state index in [0.717, 1.165) is 0 Å². The van der Waals surface area contributed by atoms with Crippen LogP contribution in [0.25, 0.3) is 0 Å². The van der Waals surface area contributed by atoms with Gasteiger partial charge in [0.15, 0.2) is 0 Å². The second kappa shape index (κ2) is 9.74. The van der Waals surface area contributed by atoms with Gasteiger partial charge in [0.05, 0.1) is 0 Å². The normalized spacial score (nSPS) is 4.50. The molecular weight excluding hydrogens is 67.0 g/mol. The summed E-state index contributed by atoms with van der Waals surface area (Å²) in [6.07, 6.45) is 0. The van der Waals surface area contributed by atoms with Gasteiger partial charge in [0.1, 0.15) is 0 Å². The van der Waals surface area contributed by atoms with E-state index >= 15 is 0 Å². The molecule has 0 atom stereocenters. The quantitative estimate of drug-likeness (QED) is 0.387. The van der Waals surface area contributed by atoms with E-state index in [2.05, 4.69) is 0 Å². The average molecular weight is 73.1 g/mol. The minimum atomic E-state index is 0. The number of hydrogen-bond donors (Lipinski definition) is 1. The molecule has 1 N–H and O–H groups in total. The molecule has 0 aromatic heterocycles. The fourth-order valence-corrected chi connectivity index (χ4v) is 0. The van der Waals surface area contributed by atoms with Crippen molar-refractivity contribution in [1.82, 2.24) is 0 Å². The Morgan fingerprint density at radius 1 is 1.75 bits per heavy atom. The van der Waals surface area contributed by atoms with Gasteiger partial charge in [0.2, 0.25) is 0 Å². The SMILES string of the molecule is CCO.[Al+3]. The molecule has 0 aliphatic carbocycles. The summed E-state index contributed by atoms with van der Waals surface area (Å²) in [4.78, 5) is 0. The summed E-state index contributed by atoms with van der Waals surface area (Å²) in [5, 5.41) is 7.57. The van der Waals surface area contributed by atoms with Gasteiger partial charge in [-0.15, -0.1) is 0 Å². The van der Waals surface area contributed by atoms with Gasteiger partial charge in [-0.05, 0) is 6.92 Å². The van der Waals surface area contributed by atoms with Crippen molar-refractivity contribution in [3.05, 3.63) is 0 Å². The number of hydrogen-bond acceptors (Lipinski definition) is 1. The summed E-state index contributed by atoms with van der Waals surface area (Å²) in [5.41, 5.74) is 0. The van der Waals surface area contributed by atoms with Crippen molar-refractivity contribution in [2.45, 2.75) is 6.92 Å². The van der Waals surface area contributed by atoms with Gasteiger partial charge < -0.3 is 5.11 Å². The molecule has 0 spiro atoms. The van der Waals surface area contributed by atoms with Gasteiger partial charge in [0, 0.05) is 6.61 Å². The first-order chi connectivity index (χ1) is 1.41. The number of aliphatic hydroxyl groups excluding tert-OH is 1. The molecule has 0 saturated carbocycles. The fourth-order valence-electron chi connectivity index (χ4n) is 0. The number of aliphatic hydroxyl groups is 1. The largest absolute Gasteiger partial charge is 3.00 e. The summed E-state index contributed by atoms with van der Waals surface area (Å²) in [6.45, 7) is 1.93. The second-order valence-electron chi connectivity index (χ2n) is 0.316. The van der Waals surface area contributed by atoms with Crippen molar-refractivity contribution in [3.63, 3.8) is 0 Å². The minimum Gasteiger partial charge on any atom is -0.397 e. The predicted octanol–water partition coefficient (Wildman–Crippen LogP) is -0.382. The van der Waals surface area contributed by atoms with Crippen LogP contribution in [0, 0.1) is 0 Å². The van der Waals surface area contributed by atoms with E-state index in [-0.39, 0.29) is 24.0 Å². The Balaban J connectivity index is 0. The van der Waals surface area contributed by atoms with Crippen molar-refractivity contribution in [2.75, 3.05) is 6.61 Å². The van der Waals surface area contributed by atoms with E-state index in [1.54, 1.807) is 6.92 Å². The molecule has 0 aliphatic rings. The van der Waals surface area contributed by atoms with Crippen molar-refractivity contribution in [3.8, 4) is 0 Å². The molecule has 0 aromatic carbocycles. The van der Waals surface area contributed by atoms with E-state index in [4.69, 9.17) is 5.11 Å². The molecule has 0 aliphatic heterocycles. The Kier molecular flexibility index (Phi) is 21.5. The monoisotopic (exact) mass is 73.0 g/mol. The van der Waals surface area contributed by atoms with Gasteiger partial charge in [-0.3, -0.25) is 0 Å². The third-order valence-corrected chi connectivity index (χ3v) is 0. The third kappa shape index (κ3) is 22.9. The van der Waals surface area contributed by atoms with E-state index in [0.29, 0.717) is 0 Å². The zero-order valence-corrected chi connectivity index (χ0v) is 3.89. The van der Waals surface area contributed by atoms with Gasteiger partial charge in [-0.1, -0.05) is 0 Å². The van der Waals surface area contributed by atoms with Gasteiger partial charge >= 0.3 is 17.4 Å². The summed E-state index contributed by atoms with van der Waals surface area (Å²) in [5.74, 6) is 0. The Bertz CT molecular complexity index is 6.00. The first-order valence-corrected chi connectivity index (χ1v) is 1.02. The molecule has 0 saturated heterocycles. The van der Waals surface area contributed by atoms with Crippen LogP contribution < -0.4 is 0 Å². The molecule has 1 nitrogen and oxygen atoms in total. The van der Waals surface area contributed by atoms with Gasteiger partial charge in [0.25, 0.3) is 0 Å². The summed E-state index contributed by atoms with van der Waals surface area (Å²) >= 11 is 0. The molecule has 4 heavy (non-hydrogen) atoms.